The van der Waals surface area contributed by atoms with Crippen molar-refractivity contribution >= 4 is 61.5 Å². The molecule has 0 aromatic carbocycles. The van der Waals surface area contributed by atoms with E-state index in [1.54, 1.807) is 0 Å². The normalized spacial score (nSPS) is 12.5. The molecule has 2 atom stereocenters. The van der Waals surface area contributed by atoms with Crippen LogP contribution in [0.15, 0.2) is 0 Å². The van der Waals surface area contributed by atoms with E-state index < -0.39 is 46.8 Å². The zero-order valence-corrected chi connectivity index (χ0v) is 21.1. The molecule has 32 heavy (non-hydrogen) atoms. The van der Waals surface area contributed by atoms with Gasteiger partial charge in [-0.1, -0.05) is 27.7 Å². The smallest absolute Gasteiger partial charge is 0.305 e. The number of aliphatic carboxylic acids is 2. The van der Waals surface area contributed by atoms with Gasteiger partial charge in [-0.2, -0.15) is 0 Å². The van der Waals surface area contributed by atoms with Crippen LogP contribution in [0, 0.1) is 10.8 Å². The number of aliphatic hydroxyl groups excluding tert-OH is 4. The Hall–Kier alpha value is -1.06. The molecule has 0 saturated heterocycles. The fraction of sp³-hybridized carbons (Fsp3) is 0.778. The van der Waals surface area contributed by atoms with Crippen molar-refractivity contribution in [3.05, 3.63) is 0 Å². The van der Waals surface area contributed by atoms with Crippen molar-refractivity contribution in [1.82, 2.24) is 10.6 Å². The molecule has 0 aromatic heterocycles. The molecular weight excluding hydrogens is 460 g/mol. The maximum absolute atomic E-state index is 11.3. The minimum absolute atomic E-state index is 0. The number of carbonyl (C=O) groups is 4. The number of carboxylic acid groups (broad SMARTS) is 2. The van der Waals surface area contributed by atoms with Crippen LogP contribution in [0.3, 0.4) is 0 Å². The summed E-state index contributed by atoms with van der Waals surface area (Å²) in [5, 5.41) is 57.9. The molecule has 0 aliphatic rings. The molecule has 0 bridgehead atoms. The predicted molar refractivity (Wildman–Crippen MR) is 114 cm³/mol. The first-order chi connectivity index (χ1) is 13.6. The molecule has 0 aromatic rings. The third-order valence-corrected chi connectivity index (χ3v) is 4.07. The van der Waals surface area contributed by atoms with Gasteiger partial charge in [0.1, 0.15) is 12.2 Å². The SMILES string of the molecule is CC(C)(CO)C(O)C(=O)NCCC(=O)O.CC(C)(CO)C(O)C(=O)NCCC(=O)O.O.[Ca]. The van der Waals surface area contributed by atoms with Crippen molar-refractivity contribution in [3.8, 4) is 0 Å². The second kappa shape index (κ2) is 18.4. The van der Waals surface area contributed by atoms with E-state index in [-0.39, 0.29) is 82.4 Å². The molecule has 0 rings (SSSR count). The van der Waals surface area contributed by atoms with Gasteiger partial charge < -0.3 is 46.7 Å². The fourth-order valence-corrected chi connectivity index (χ4v) is 1.66. The van der Waals surface area contributed by atoms with Gasteiger partial charge in [-0.25, -0.2) is 0 Å². The average molecular weight is 497 g/mol. The Morgan fingerprint density at radius 3 is 1.16 bits per heavy atom. The van der Waals surface area contributed by atoms with Gasteiger partial charge in [0.25, 0.3) is 0 Å². The van der Waals surface area contributed by atoms with E-state index in [4.69, 9.17) is 20.4 Å². The Labute approximate surface area is 216 Å². The Balaban J connectivity index is -0.000000231. The van der Waals surface area contributed by atoms with Crippen LogP contribution in [-0.4, -0.2) is 136 Å². The molecule has 2 amide bonds. The summed E-state index contributed by atoms with van der Waals surface area (Å²) in [6.07, 6.45) is -3.09. The summed E-state index contributed by atoms with van der Waals surface area (Å²) in [5.41, 5.74) is -1.87. The minimum atomic E-state index is -1.35. The summed E-state index contributed by atoms with van der Waals surface area (Å²) in [6, 6.07) is 0. The van der Waals surface area contributed by atoms with Crippen molar-refractivity contribution in [2.75, 3.05) is 26.3 Å². The summed E-state index contributed by atoms with van der Waals surface area (Å²) < 4.78 is 0. The van der Waals surface area contributed by atoms with Crippen LogP contribution in [0.2, 0.25) is 0 Å². The van der Waals surface area contributed by atoms with Crippen molar-refractivity contribution < 1.29 is 55.3 Å². The summed E-state index contributed by atoms with van der Waals surface area (Å²) in [4.78, 5) is 42.8. The van der Waals surface area contributed by atoms with Crippen LogP contribution in [-0.2, 0) is 19.2 Å². The van der Waals surface area contributed by atoms with Crippen LogP contribution in [0.4, 0.5) is 0 Å². The van der Waals surface area contributed by atoms with Crippen molar-refractivity contribution in [2.24, 2.45) is 10.8 Å². The van der Waals surface area contributed by atoms with E-state index in [2.05, 4.69) is 10.6 Å². The Morgan fingerprint density at radius 2 is 0.969 bits per heavy atom. The summed E-state index contributed by atoms with van der Waals surface area (Å²) in [7, 11) is 0. The Morgan fingerprint density at radius 1 is 0.719 bits per heavy atom. The van der Waals surface area contributed by atoms with E-state index in [0.717, 1.165) is 0 Å². The number of carbonyl (C=O) groups excluding carboxylic acids is 2. The van der Waals surface area contributed by atoms with Crippen LogP contribution in [0.1, 0.15) is 40.5 Å². The summed E-state index contributed by atoms with van der Waals surface area (Å²) in [5.74, 6) is -3.39. The molecule has 0 fully saturated rings. The van der Waals surface area contributed by atoms with Gasteiger partial charge in [0.2, 0.25) is 11.8 Å². The molecular formula is C18H36CaN2O11. The zero-order chi connectivity index (χ0) is 24.1. The molecule has 0 aliphatic carbocycles. The van der Waals surface area contributed by atoms with E-state index in [1.165, 1.54) is 27.7 Å². The van der Waals surface area contributed by atoms with Crippen LogP contribution in [0.25, 0.3) is 0 Å². The molecule has 10 N–H and O–H groups in total. The van der Waals surface area contributed by atoms with E-state index >= 15 is 0 Å². The number of amides is 2. The van der Waals surface area contributed by atoms with Crippen molar-refractivity contribution in [1.29, 1.82) is 0 Å². The van der Waals surface area contributed by atoms with E-state index in [9.17, 15) is 29.4 Å². The van der Waals surface area contributed by atoms with Gasteiger partial charge in [-0.3, -0.25) is 19.2 Å². The number of hydrogen-bond donors (Lipinski definition) is 8. The monoisotopic (exact) mass is 496 g/mol. The maximum atomic E-state index is 11.3. The first-order valence-electron chi connectivity index (χ1n) is 9.19. The fourth-order valence-electron chi connectivity index (χ4n) is 1.66. The molecule has 14 heteroatoms. The van der Waals surface area contributed by atoms with E-state index in [1.807, 2.05) is 0 Å². The van der Waals surface area contributed by atoms with Crippen LogP contribution < -0.4 is 10.6 Å². The van der Waals surface area contributed by atoms with Crippen LogP contribution in [0.5, 0.6) is 0 Å². The third kappa shape index (κ3) is 16.6. The first-order valence-corrected chi connectivity index (χ1v) is 9.19. The van der Waals surface area contributed by atoms with Gasteiger partial charge in [0, 0.05) is 61.7 Å². The molecule has 0 aliphatic heterocycles. The molecule has 0 spiro atoms. The zero-order valence-electron chi connectivity index (χ0n) is 18.9. The molecule has 2 unspecified atom stereocenters. The Kier molecular flexibility index (Phi) is 21.9. The van der Waals surface area contributed by atoms with Gasteiger partial charge in [-0.05, 0) is 0 Å². The number of nitrogens with one attached hydrogen (secondary N) is 2. The van der Waals surface area contributed by atoms with Gasteiger partial charge in [-0.15, -0.1) is 0 Å². The second-order valence-electron chi connectivity index (χ2n) is 7.97. The van der Waals surface area contributed by atoms with Gasteiger partial charge >= 0.3 is 11.9 Å². The van der Waals surface area contributed by atoms with Gasteiger partial charge in [0.15, 0.2) is 0 Å². The standard InChI is InChI=1S/2C9H17NO5.Ca.H2O/c2*1-9(2,5-11)7(14)8(15)10-4-3-6(12)13;;/h2*7,11,14H,3-5H2,1-2H3,(H,10,15)(H,12,13);;1H2. The summed E-state index contributed by atoms with van der Waals surface area (Å²) >= 11 is 0. The van der Waals surface area contributed by atoms with Crippen molar-refractivity contribution in [2.45, 2.75) is 52.7 Å². The minimum Gasteiger partial charge on any atom is -0.481 e. The largest absolute Gasteiger partial charge is 0.481 e. The third-order valence-electron chi connectivity index (χ3n) is 4.07. The molecule has 186 valence electrons. The number of carboxylic acids is 2. The quantitative estimate of drug-likeness (QED) is 0.125. The molecule has 2 radical (unpaired) electrons. The predicted octanol–water partition coefficient (Wildman–Crippen LogP) is -3.29. The topological polar surface area (TPSA) is 245 Å². The molecule has 0 saturated carbocycles. The van der Waals surface area contributed by atoms with Gasteiger partial charge in [0.05, 0.1) is 26.1 Å². The number of aliphatic hydroxyl groups is 4. The number of hydrogen-bond acceptors (Lipinski definition) is 8. The molecule has 13 nitrogen and oxygen atoms in total. The van der Waals surface area contributed by atoms with Crippen molar-refractivity contribution in [3.63, 3.8) is 0 Å². The number of rotatable bonds is 12. The molecule has 0 heterocycles. The van der Waals surface area contributed by atoms with E-state index in [0.29, 0.717) is 0 Å². The second-order valence-corrected chi connectivity index (χ2v) is 7.97. The Bertz CT molecular complexity index is 535. The first kappa shape index (κ1) is 38.2. The summed E-state index contributed by atoms with van der Waals surface area (Å²) in [6.45, 7) is 5.41. The average Bonchev–Trinajstić information content (AvgIpc) is 2.66. The van der Waals surface area contributed by atoms with Crippen LogP contribution >= 0.6 is 0 Å². The maximum Gasteiger partial charge on any atom is 0.305 e.